The van der Waals surface area contributed by atoms with Gasteiger partial charge >= 0.3 is 6.18 Å². The van der Waals surface area contributed by atoms with Crippen molar-refractivity contribution in [1.29, 1.82) is 0 Å². The predicted molar refractivity (Wildman–Crippen MR) is 128 cm³/mol. The summed E-state index contributed by atoms with van der Waals surface area (Å²) >= 11 is 0. The van der Waals surface area contributed by atoms with E-state index in [0.717, 1.165) is 6.07 Å². The number of nitrogens with zero attached hydrogens (tertiary/aromatic N) is 1. The number of alkyl halides is 3. The Morgan fingerprint density at radius 3 is 2.48 bits per heavy atom. The van der Waals surface area contributed by atoms with E-state index >= 15 is 0 Å². The summed E-state index contributed by atoms with van der Waals surface area (Å²) in [6.45, 7) is 5.18. The van der Waals surface area contributed by atoms with E-state index in [1.807, 2.05) is 18.2 Å². The number of carbonyl (C=O) groups is 1. The monoisotopic (exact) mass is 476 g/mol. The first-order valence-electron chi connectivity index (χ1n) is 10.9. The lowest BCUT2D eigenvalue weighted by Crippen LogP contribution is -2.31. The number of carbonyl (C=O) groups excluding carboxylic acids is 1. The molecule has 0 aromatic heterocycles. The Hall–Kier alpha value is -2.57. The molecule has 1 amide bonds. The third-order valence-electron chi connectivity index (χ3n) is 6.50. The minimum absolute atomic E-state index is 0. The number of nitrogens with one attached hydrogen (secondary N) is 1. The van der Waals surface area contributed by atoms with Crippen LogP contribution >= 0.6 is 12.4 Å². The number of rotatable bonds is 5. The molecule has 1 aliphatic rings. The van der Waals surface area contributed by atoms with E-state index in [-0.39, 0.29) is 36.2 Å². The predicted octanol–water partition coefficient (Wildman–Crippen LogP) is 6.19. The number of benzene rings is 3. The van der Waals surface area contributed by atoms with Gasteiger partial charge in [0.25, 0.3) is 0 Å². The lowest BCUT2D eigenvalue weighted by Gasteiger charge is -2.23. The summed E-state index contributed by atoms with van der Waals surface area (Å²) in [5.41, 5.74) is 1.17. The Morgan fingerprint density at radius 1 is 1.06 bits per heavy atom. The molecule has 0 radical (unpaired) electrons. The summed E-state index contributed by atoms with van der Waals surface area (Å²) in [7, 11) is 0. The maximum Gasteiger partial charge on any atom is 0.416 e. The molecule has 1 fully saturated rings. The van der Waals surface area contributed by atoms with Crippen LogP contribution in [0.3, 0.4) is 0 Å². The Labute approximate surface area is 198 Å². The van der Waals surface area contributed by atoms with Crippen molar-refractivity contribution in [3.05, 3.63) is 83.4 Å². The van der Waals surface area contributed by atoms with Crippen molar-refractivity contribution >= 4 is 29.1 Å². The molecule has 0 saturated carbocycles. The molecular formula is C26H28ClF3N2O. The van der Waals surface area contributed by atoms with Crippen LogP contribution in [0.5, 0.6) is 0 Å². The summed E-state index contributed by atoms with van der Waals surface area (Å²) in [5.74, 6) is -0.167. The van der Waals surface area contributed by atoms with Crippen LogP contribution < -0.4 is 5.32 Å². The van der Waals surface area contributed by atoms with E-state index in [1.54, 1.807) is 11.0 Å². The van der Waals surface area contributed by atoms with Crippen LogP contribution in [0.4, 0.5) is 13.2 Å². The molecule has 3 unspecified atom stereocenters. The first-order valence-corrected chi connectivity index (χ1v) is 10.9. The average Bonchev–Trinajstić information content (AvgIpc) is 3.21. The standard InChI is InChI=1S/C26H27F3N2O.ClH/c1-17(23-12-6-8-19-7-3-4-11-24(19)23)30-14-21-15-31(18(2)32)16-25(21)20-9-5-10-22(13-20)26(27,28)29;/h3-13,17,21,25,30H,14-16H2,1-2H3;1H. The first kappa shape index (κ1) is 25.1. The number of hydrogen-bond donors (Lipinski definition) is 1. The highest BCUT2D eigenvalue weighted by atomic mass is 35.5. The molecule has 3 aromatic carbocycles. The van der Waals surface area contributed by atoms with Crippen molar-refractivity contribution in [2.24, 2.45) is 5.92 Å². The van der Waals surface area contributed by atoms with Crippen LogP contribution in [0.15, 0.2) is 66.7 Å². The topological polar surface area (TPSA) is 32.3 Å². The summed E-state index contributed by atoms with van der Waals surface area (Å²) < 4.78 is 39.7. The Bertz CT molecular complexity index is 1110. The molecule has 33 heavy (non-hydrogen) atoms. The zero-order valence-corrected chi connectivity index (χ0v) is 19.4. The minimum atomic E-state index is -4.38. The van der Waals surface area contributed by atoms with Gasteiger partial charge < -0.3 is 10.2 Å². The van der Waals surface area contributed by atoms with Crippen LogP contribution in [-0.2, 0) is 11.0 Å². The van der Waals surface area contributed by atoms with Crippen molar-refractivity contribution < 1.29 is 18.0 Å². The summed E-state index contributed by atoms with van der Waals surface area (Å²) in [5, 5.41) is 5.93. The Balaban J connectivity index is 0.00000306. The van der Waals surface area contributed by atoms with Crippen molar-refractivity contribution in [2.75, 3.05) is 19.6 Å². The third kappa shape index (κ3) is 5.50. The second-order valence-electron chi connectivity index (χ2n) is 8.61. The lowest BCUT2D eigenvalue weighted by atomic mass is 9.87. The van der Waals surface area contributed by atoms with Gasteiger partial charge in [-0.2, -0.15) is 13.2 Å². The lowest BCUT2D eigenvalue weighted by molar-refractivity contribution is -0.137. The molecule has 0 spiro atoms. The molecular weight excluding hydrogens is 449 g/mol. The zero-order valence-electron chi connectivity index (χ0n) is 18.6. The van der Waals surface area contributed by atoms with Crippen molar-refractivity contribution in [3.8, 4) is 0 Å². The maximum absolute atomic E-state index is 13.2. The number of amides is 1. The van der Waals surface area contributed by atoms with Gasteiger partial charge in [-0.05, 0) is 40.8 Å². The number of fused-ring (bicyclic) bond motifs is 1. The molecule has 4 rings (SSSR count). The smallest absolute Gasteiger partial charge is 0.342 e. The molecule has 176 valence electrons. The van der Waals surface area contributed by atoms with E-state index in [1.165, 1.54) is 35.4 Å². The molecule has 3 atom stereocenters. The fourth-order valence-electron chi connectivity index (χ4n) is 4.72. The highest BCUT2D eigenvalue weighted by molar-refractivity contribution is 5.86. The quantitative estimate of drug-likeness (QED) is 0.476. The summed E-state index contributed by atoms with van der Waals surface area (Å²) in [6, 6.07) is 20.0. The van der Waals surface area contributed by atoms with Crippen LogP contribution in [-0.4, -0.2) is 30.4 Å². The van der Waals surface area contributed by atoms with Gasteiger partial charge in [0.1, 0.15) is 0 Å². The molecule has 0 bridgehead atoms. The van der Waals surface area contributed by atoms with Gasteiger partial charge in [-0.25, -0.2) is 0 Å². The van der Waals surface area contributed by atoms with Gasteiger partial charge in [-0.15, -0.1) is 12.4 Å². The van der Waals surface area contributed by atoms with Crippen LogP contribution in [0.25, 0.3) is 10.8 Å². The van der Waals surface area contributed by atoms with Gasteiger partial charge in [0.05, 0.1) is 5.56 Å². The number of halogens is 4. The van der Waals surface area contributed by atoms with Crippen molar-refractivity contribution in [3.63, 3.8) is 0 Å². The SMILES string of the molecule is CC(=O)N1CC(CNC(C)c2cccc3ccccc23)C(c2cccc(C(F)(F)F)c2)C1.Cl. The van der Waals surface area contributed by atoms with Crippen LogP contribution in [0, 0.1) is 5.92 Å². The van der Waals surface area contributed by atoms with E-state index in [0.29, 0.717) is 25.2 Å². The highest BCUT2D eigenvalue weighted by Gasteiger charge is 2.37. The molecule has 1 N–H and O–H groups in total. The molecule has 3 aromatic rings. The van der Waals surface area contributed by atoms with Gasteiger partial charge in [-0.1, -0.05) is 60.7 Å². The Kier molecular flexibility index (Phi) is 7.70. The van der Waals surface area contributed by atoms with Crippen molar-refractivity contribution in [1.82, 2.24) is 10.2 Å². The average molecular weight is 477 g/mol. The zero-order chi connectivity index (χ0) is 22.9. The largest absolute Gasteiger partial charge is 0.416 e. The summed E-state index contributed by atoms with van der Waals surface area (Å²) in [6.07, 6.45) is -4.38. The normalized spacial score (nSPS) is 19.4. The Morgan fingerprint density at radius 2 is 1.76 bits per heavy atom. The van der Waals surface area contributed by atoms with E-state index in [9.17, 15) is 18.0 Å². The minimum Gasteiger partial charge on any atom is -0.342 e. The molecule has 3 nitrogen and oxygen atoms in total. The fraction of sp³-hybridized carbons (Fsp3) is 0.346. The van der Waals surface area contributed by atoms with Gasteiger partial charge in [0.15, 0.2) is 0 Å². The highest BCUT2D eigenvalue weighted by Crippen LogP contribution is 2.36. The molecule has 1 saturated heterocycles. The summed E-state index contributed by atoms with van der Waals surface area (Å²) in [4.78, 5) is 13.8. The van der Waals surface area contributed by atoms with E-state index in [2.05, 4.69) is 36.5 Å². The van der Waals surface area contributed by atoms with Crippen LogP contribution in [0.1, 0.15) is 42.5 Å². The maximum atomic E-state index is 13.2. The molecule has 1 aliphatic heterocycles. The van der Waals surface area contributed by atoms with Crippen LogP contribution in [0.2, 0.25) is 0 Å². The molecule has 1 heterocycles. The van der Waals surface area contributed by atoms with E-state index in [4.69, 9.17) is 0 Å². The third-order valence-corrected chi connectivity index (χ3v) is 6.50. The van der Waals surface area contributed by atoms with Crippen molar-refractivity contribution in [2.45, 2.75) is 32.0 Å². The number of hydrogen-bond acceptors (Lipinski definition) is 2. The van der Waals surface area contributed by atoms with E-state index < -0.39 is 11.7 Å². The van der Waals surface area contributed by atoms with Gasteiger partial charge in [0.2, 0.25) is 5.91 Å². The molecule has 7 heteroatoms. The fourth-order valence-corrected chi connectivity index (χ4v) is 4.72. The number of likely N-dealkylation sites (tertiary alicyclic amines) is 1. The first-order chi connectivity index (χ1) is 15.2. The van der Waals surface area contributed by atoms with Gasteiger partial charge in [-0.3, -0.25) is 4.79 Å². The van der Waals surface area contributed by atoms with Gasteiger partial charge in [0, 0.05) is 38.5 Å². The second-order valence-corrected chi connectivity index (χ2v) is 8.61. The second kappa shape index (κ2) is 10.1. The molecule has 0 aliphatic carbocycles.